The number of nitrogens with zero attached hydrogens (tertiary/aromatic N) is 1. The molecule has 138 valence electrons. The van der Waals surface area contributed by atoms with Crippen LogP contribution in [0.2, 0.25) is 0 Å². The van der Waals surface area contributed by atoms with Crippen molar-refractivity contribution in [3.8, 4) is 5.75 Å². The SMILES string of the molecule is CCCN(Cc1ccccc1)C(=O)CNC(=O)c1ccc(OCC)cc1. The highest BCUT2D eigenvalue weighted by Crippen LogP contribution is 2.12. The summed E-state index contributed by atoms with van der Waals surface area (Å²) in [6, 6.07) is 16.7. The van der Waals surface area contributed by atoms with E-state index in [-0.39, 0.29) is 18.4 Å². The molecular weight excluding hydrogens is 328 g/mol. The molecule has 0 radical (unpaired) electrons. The van der Waals surface area contributed by atoms with E-state index >= 15 is 0 Å². The Hall–Kier alpha value is -2.82. The zero-order valence-corrected chi connectivity index (χ0v) is 15.4. The molecule has 2 aromatic carbocycles. The van der Waals surface area contributed by atoms with Crippen LogP contribution < -0.4 is 10.1 Å². The number of hydrogen-bond donors (Lipinski definition) is 1. The molecule has 2 aromatic rings. The molecule has 0 aliphatic heterocycles. The summed E-state index contributed by atoms with van der Waals surface area (Å²) in [5, 5.41) is 2.70. The minimum Gasteiger partial charge on any atom is -0.494 e. The molecule has 5 heteroatoms. The summed E-state index contributed by atoms with van der Waals surface area (Å²) < 4.78 is 5.36. The first-order chi connectivity index (χ1) is 12.6. The zero-order chi connectivity index (χ0) is 18.8. The van der Waals surface area contributed by atoms with Crippen LogP contribution in [0.3, 0.4) is 0 Å². The lowest BCUT2D eigenvalue weighted by molar-refractivity contribution is -0.130. The van der Waals surface area contributed by atoms with Crippen molar-refractivity contribution < 1.29 is 14.3 Å². The summed E-state index contributed by atoms with van der Waals surface area (Å²) >= 11 is 0. The summed E-state index contributed by atoms with van der Waals surface area (Å²) in [6.07, 6.45) is 0.866. The molecule has 2 rings (SSSR count). The van der Waals surface area contributed by atoms with E-state index in [1.807, 2.05) is 44.2 Å². The largest absolute Gasteiger partial charge is 0.494 e. The number of hydrogen-bond acceptors (Lipinski definition) is 3. The quantitative estimate of drug-likeness (QED) is 0.752. The Morgan fingerprint density at radius 1 is 1.00 bits per heavy atom. The molecule has 1 N–H and O–H groups in total. The first kappa shape index (κ1) is 19.5. The standard InChI is InChI=1S/C21H26N2O3/c1-3-14-23(16-17-8-6-5-7-9-17)20(24)15-22-21(25)18-10-12-19(13-11-18)26-4-2/h5-13H,3-4,14-16H2,1-2H3,(H,22,25). The van der Waals surface area contributed by atoms with E-state index in [1.165, 1.54) is 0 Å². The summed E-state index contributed by atoms with van der Waals surface area (Å²) in [7, 11) is 0. The zero-order valence-electron chi connectivity index (χ0n) is 15.4. The van der Waals surface area contributed by atoms with Crippen LogP contribution in [0.1, 0.15) is 36.2 Å². The lowest BCUT2D eigenvalue weighted by Gasteiger charge is -2.22. The molecule has 0 saturated heterocycles. The predicted octanol–water partition coefficient (Wildman–Crippen LogP) is 3.25. The highest BCUT2D eigenvalue weighted by Gasteiger charge is 2.15. The number of rotatable bonds is 9. The molecule has 0 aromatic heterocycles. The Balaban J connectivity index is 1.90. The lowest BCUT2D eigenvalue weighted by Crippen LogP contribution is -2.40. The molecule has 0 atom stereocenters. The Kier molecular flexibility index (Phi) is 7.68. The van der Waals surface area contributed by atoms with Crippen molar-refractivity contribution in [3.05, 3.63) is 65.7 Å². The Bertz CT molecular complexity index is 699. The van der Waals surface area contributed by atoms with Crippen LogP contribution >= 0.6 is 0 Å². The number of nitrogens with one attached hydrogen (secondary N) is 1. The van der Waals surface area contributed by atoms with Crippen LogP contribution in [0.5, 0.6) is 5.75 Å². The smallest absolute Gasteiger partial charge is 0.251 e. The number of amides is 2. The molecule has 0 fully saturated rings. The van der Waals surface area contributed by atoms with Crippen molar-refractivity contribution in [2.75, 3.05) is 19.7 Å². The van der Waals surface area contributed by atoms with Crippen molar-refractivity contribution in [2.45, 2.75) is 26.8 Å². The number of ether oxygens (including phenoxy) is 1. The molecule has 5 nitrogen and oxygen atoms in total. The fraction of sp³-hybridized carbons (Fsp3) is 0.333. The maximum atomic E-state index is 12.5. The lowest BCUT2D eigenvalue weighted by atomic mass is 10.2. The average Bonchev–Trinajstić information content (AvgIpc) is 2.67. The molecular formula is C21H26N2O3. The molecule has 0 unspecified atom stereocenters. The van der Waals surface area contributed by atoms with E-state index in [0.29, 0.717) is 25.3 Å². The molecule has 0 saturated carbocycles. The molecule has 0 heterocycles. The van der Waals surface area contributed by atoms with Gasteiger partial charge in [-0.05, 0) is 43.2 Å². The highest BCUT2D eigenvalue weighted by atomic mass is 16.5. The van der Waals surface area contributed by atoms with Crippen LogP contribution in [0.15, 0.2) is 54.6 Å². The monoisotopic (exact) mass is 354 g/mol. The summed E-state index contributed by atoms with van der Waals surface area (Å²) in [6.45, 7) is 5.71. The minimum atomic E-state index is -0.266. The van der Waals surface area contributed by atoms with Gasteiger partial charge in [0.1, 0.15) is 5.75 Å². The van der Waals surface area contributed by atoms with Gasteiger partial charge in [0.2, 0.25) is 5.91 Å². The fourth-order valence-electron chi connectivity index (χ4n) is 2.60. The minimum absolute atomic E-state index is 0.0150. The van der Waals surface area contributed by atoms with Gasteiger partial charge in [-0.3, -0.25) is 9.59 Å². The number of benzene rings is 2. The normalized spacial score (nSPS) is 10.2. The van der Waals surface area contributed by atoms with Crippen molar-refractivity contribution in [2.24, 2.45) is 0 Å². The fourth-order valence-corrected chi connectivity index (χ4v) is 2.60. The van der Waals surface area contributed by atoms with E-state index in [9.17, 15) is 9.59 Å². The summed E-state index contributed by atoms with van der Waals surface area (Å²) in [5.74, 6) is 0.365. The summed E-state index contributed by atoms with van der Waals surface area (Å²) in [4.78, 5) is 26.5. The molecule has 0 aliphatic carbocycles. The maximum absolute atomic E-state index is 12.5. The van der Waals surface area contributed by atoms with Gasteiger partial charge < -0.3 is 15.0 Å². The Morgan fingerprint density at radius 2 is 1.69 bits per heavy atom. The van der Waals surface area contributed by atoms with Crippen molar-refractivity contribution in [3.63, 3.8) is 0 Å². The average molecular weight is 354 g/mol. The number of carbonyl (C=O) groups excluding carboxylic acids is 2. The number of carbonyl (C=O) groups is 2. The molecule has 26 heavy (non-hydrogen) atoms. The van der Waals surface area contributed by atoms with Gasteiger partial charge in [-0.2, -0.15) is 0 Å². The third-order valence-electron chi connectivity index (χ3n) is 3.89. The van der Waals surface area contributed by atoms with Crippen LogP contribution in [0, 0.1) is 0 Å². The predicted molar refractivity (Wildman–Crippen MR) is 102 cm³/mol. The van der Waals surface area contributed by atoms with Gasteiger partial charge >= 0.3 is 0 Å². The van der Waals surface area contributed by atoms with Crippen LogP contribution in [-0.2, 0) is 11.3 Å². The van der Waals surface area contributed by atoms with Gasteiger partial charge in [-0.15, -0.1) is 0 Å². The highest BCUT2D eigenvalue weighted by molar-refractivity contribution is 5.96. The Labute approximate surface area is 155 Å². The molecule has 0 spiro atoms. The van der Waals surface area contributed by atoms with E-state index in [0.717, 1.165) is 17.7 Å². The van der Waals surface area contributed by atoms with Gasteiger partial charge in [0.15, 0.2) is 0 Å². The summed E-state index contributed by atoms with van der Waals surface area (Å²) in [5.41, 5.74) is 1.58. The maximum Gasteiger partial charge on any atom is 0.251 e. The van der Waals surface area contributed by atoms with Crippen molar-refractivity contribution in [1.82, 2.24) is 10.2 Å². The van der Waals surface area contributed by atoms with Gasteiger partial charge in [0.25, 0.3) is 5.91 Å². The van der Waals surface area contributed by atoms with Gasteiger partial charge in [-0.25, -0.2) is 0 Å². The molecule has 0 bridgehead atoms. The van der Waals surface area contributed by atoms with Crippen LogP contribution in [0.4, 0.5) is 0 Å². The van der Waals surface area contributed by atoms with Crippen LogP contribution in [0.25, 0.3) is 0 Å². The second-order valence-electron chi connectivity index (χ2n) is 5.94. The van der Waals surface area contributed by atoms with Crippen molar-refractivity contribution in [1.29, 1.82) is 0 Å². The van der Waals surface area contributed by atoms with Crippen molar-refractivity contribution >= 4 is 11.8 Å². The second-order valence-corrected chi connectivity index (χ2v) is 5.94. The topological polar surface area (TPSA) is 58.6 Å². The second kappa shape index (κ2) is 10.2. The van der Waals surface area contributed by atoms with Gasteiger partial charge in [0, 0.05) is 18.7 Å². The third-order valence-corrected chi connectivity index (χ3v) is 3.89. The van der Waals surface area contributed by atoms with E-state index in [4.69, 9.17) is 4.74 Å². The van der Waals surface area contributed by atoms with Gasteiger partial charge in [0.05, 0.1) is 13.2 Å². The molecule has 2 amide bonds. The first-order valence-electron chi connectivity index (χ1n) is 8.96. The van der Waals surface area contributed by atoms with E-state index in [1.54, 1.807) is 29.2 Å². The first-order valence-corrected chi connectivity index (χ1v) is 8.96. The molecule has 0 aliphatic rings. The Morgan fingerprint density at radius 3 is 2.31 bits per heavy atom. The van der Waals surface area contributed by atoms with Gasteiger partial charge in [-0.1, -0.05) is 37.3 Å². The third kappa shape index (κ3) is 5.92. The van der Waals surface area contributed by atoms with E-state index < -0.39 is 0 Å². The van der Waals surface area contributed by atoms with Crippen LogP contribution in [-0.4, -0.2) is 36.4 Å². The van der Waals surface area contributed by atoms with E-state index in [2.05, 4.69) is 5.32 Å².